The number of methoxy groups -OCH3 is 1. The molecule has 92 valence electrons. The van der Waals surface area contributed by atoms with Gasteiger partial charge in [0.15, 0.2) is 0 Å². The third-order valence-corrected chi connectivity index (χ3v) is 3.41. The summed E-state index contributed by atoms with van der Waals surface area (Å²) in [6, 6.07) is 0. The second-order valence-electron chi connectivity index (χ2n) is 3.74. The summed E-state index contributed by atoms with van der Waals surface area (Å²) >= 11 is 2.10. The summed E-state index contributed by atoms with van der Waals surface area (Å²) in [6.45, 7) is 9.04. The van der Waals surface area contributed by atoms with Crippen molar-refractivity contribution in [3.8, 4) is 0 Å². The predicted molar refractivity (Wildman–Crippen MR) is 70.8 cm³/mol. The monoisotopic (exact) mass is 233 g/mol. The van der Waals surface area contributed by atoms with Crippen molar-refractivity contribution in [2.45, 2.75) is 33.1 Å². The lowest BCUT2D eigenvalue weighted by Gasteiger charge is -2.25. The van der Waals surface area contributed by atoms with Crippen molar-refractivity contribution >= 4 is 11.8 Å². The molecule has 3 heteroatoms. The van der Waals surface area contributed by atoms with Gasteiger partial charge in [-0.15, -0.1) is 0 Å². The number of ether oxygens (including phenoxy) is 1. The smallest absolute Gasteiger partial charge is 0.0433 e. The summed E-state index contributed by atoms with van der Waals surface area (Å²) in [4.78, 5) is 2.60. The molecule has 0 aliphatic carbocycles. The van der Waals surface area contributed by atoms with E-state index in [2.05, 4.69) is 28.3 Å². The van der Waals surface area contributed by atoms with Crippen LogP contribution in [0, 0.1) is 0 Å². The average molecular weight is 233 g/mol. The molecule has 0 amide bonds. The van der Waals surface area contributed by atoms with Gasteiger partial charge in [0.05, 0.1) is 0 Å². The van der Waals surface area contributed by atoms with Gasteiger partial charge in [0.2, 0.25) is 0 Å². The van der Waals surface area contributed by atoms with Gasteiger partial charge < -0.3 is 9.64 Å². The van der Waals surface area contributed by atoms with Crippen molar-refractivity contribution in [1.82, 2.24) is 4.90 Å². The average Bonchev–Trinajstić information content (AvgIpc) is 2.31. The van der Waals surface area contributed by atoms with Crippen molar-refractivity contribution in [3.63, 3.8) is 0 Å². The van der Waals surface area contributed by atoms with Crippen molar-refractivity contribution in [2.24, 2.45) is 0 Å². The Morgan fingerprint density at radius 3 is 2.20 bits per heavy atom. The maximum Gasteiger partial charge on any atom is 0.0433 e. The van der Waals surface area contributed by atoms with E-state index in [1.807, 2.05) is 6.92 Å². The molecule has 1 fully saturated rings. The number of rotatable bonds is 5. The summed E-state index contributed by atoms with van der Waals surface area (Å²) in [7, 11) is 1.68. The van der Waals surface area contributed by atoms with Crippen molar-refractivity contribution < 1.29 is 4.74 Å². The molecule has 0 N–H and O–H groups in total. The molecule has 0 unspecified atom stereocenters. The Morgan fingerprint density at radius 2 is 1.73 bits per heavy atom. The van der Waals surface area contributed by atoms with Crippen LogP contribution in [0.5, 0.6) is 0 Å². The fourth-order valence-corrected chi connectivity index (χ4v) is 2.39. The second-order valence-corrected chi connectivity index (χ2v) is 4.96. The third-order valence-electron chi connectivity index (χ3n) is 2.47. The molecule has 0 aromatic rings. The predicted octanol–water partition coefficient (Wildman–Crippen LogP) is 2.88. The van der Waals surface area contributed by atoms with Crippen LogP contribution in [0.15, 0.2) is 0 Å². The Hall–Kier alpha value is 0.270. The van der Waals surface area contributed by atoms with Gasteiger partial charge in [0.1, 0.15) is 0 Å². The van der Waals surface area contributed by atoms with Crippen molar-refractivity contribution in [3.05, 3.63) is 0 Å². The molecule has 1 rings (SSSR count). The maximum atomic E-state index is 4.54. The van der Waals surface area contributed by atoms with Gasteiger partial charge in [-0.25, -0.2) is 0 Å². The first-order chi connectivity index (χ1) is 7.35. The van der Waals surface area contributed by atoms with E-state index in [1.54, 1.807) is 7.11 Å². The number of hydrogen-bond donors (Lipinski definition) is 0. The van der Waals surface area contributed by atoms with Crippen LogP contribution in [-0.2, 0) is 4.74 Å². The van der Waals surface area contributed by atoms with Gasteiger partial charge in [0, 0.05) is 38.3 Å². The standard InChI is InChI=1S/C9H19NS.C3H8O/c1-2-3-4-5-10-6-8-11-9-7-10;1-3-4-2/h2-9H2,1H3;3H2,1-2H3. The third kappa shape index (κ3) is 10.6. The molecular weight excluding hydrogens is 206 g/mol. The van der Waals surface area contributed by atoms with Crippen LogP contribution in [0.25, 0.3) is 0 Å². The summed E-state index contributed by atoms with van der Waals surface area (Å²) in [5.41, 5.74) is 0. The minimum atomic E-state index is 0.819. The number of unbranched alkanes of at least 4 members (excludes halogenated alkanes) is 2. The van der Waals surface area contributed by atoms with Crippen LogP contribution < -0.4 is 0 Å². The second kappa shape index (κ2) is 12.3. The van der Waals surface area contributed by atoms with Crippen molar-refractivity contribution in [1.29, 1.82) is 0 Å². The first kappa shape index (κ1) is 15.3. The molecule has 0 radical (unpaired) electrons. The lowest BCUT2D eigenvalue weighted by molar-refractivity contribution is 0.215. The van der Waals surface area contributed by atoms with Gasteiger partial charge in [-0.05, 0) is 19.9 Å². The molecule has 0 atom stereocenters. The first-order valence-corrected chi connectivity index (χ1v) is 7.29. The lowest BCUT2D eigenvalue weighted by Crippen LogP contribution is -2.33. The normalized spacial score (nSPS) is 17.0. The zero-order valence-electron chi connectivity index (χ0n) is 10.6. The summed E-state index contributed by atoms with van der Waals surface area (Å²) < 4.78 is 4.54. The van der Waals surface area contributed by atoms with Gasteiger partial charge >= 0.3 is 0 Å². The topological polar surface area (TPSA) is 12.5 Å². The number of nitrogens with zero attached hydrogens (tertiary/aromatic N) is 1. The molecule has 1 heterocycles. The molecular formula is C12H27NOS. The highest BCUT2D eigenvalue weighted by Gasteiger charge is 2.08. The number of hydrogen-bond acceptors (Lipinski definition) is 3. The molecule has 2 nitrogen and oxygen atoms in total. The van der Waals surface area contributed by atoms with E-state index in [-0.39, 0.29) is 0 Å². The van der Waals surface area contributed by atoms with Gasteiger partial charge in [-0.2, -0.15) is 11.8 Å². The highest BCUT2D eigenvalue weighted by atomic mass is 32.2. The van der Waals surface area contributed by atoms with Gasteiger partial charge in [-0.1, -0.05) is 19.8 Å². The van der Waals surface area contributed by atoms with Crippen LogP contribution >= 0.6 is 11.8 Å². The molecule has 0 bridgehead atoms. The molecule has 0 aromatic carbocycles. The van der Waals surface area contributed by atoms with E-state index in [9.17, 15) is 0 Å². The Labute approximate surface area is 99.8 Å². The highest BCUT2D eigenvalue weighted by molar-refractivity contribution is 7.99. The van der Waals surface area contributed by atoms with Crippen LogP contribution in [0.3, 0.4) is 0 Å². The fourth-order valence-electron chi connectivity index (χ4n) is 1.41. The first-order valence-electron chi connectivity index (χ1n) is 6.14. The van der Waals surface area contributed by atoms with Gasteiger partial charge in [0.25, 0.3) is 0 Å². The van der Waals surface area contributed by atoms with Crippen LogP contribution in [0.1, 0.15) is 33.1 Å². The van der Waals surface area contributed by atoms with E-state index < -0.39 is 0 Å². The molecule has 1 aliphatic heterocycles. The van der Waals surface area contributed by atoms with Crippen molar-refractivity contribution in [2.75, 3.05) is 44.9 Å². The maximum absolute atomic E-state index is 4.54. The molecule has 15 heavy (non-hydrogen) atoms. The molecule has 0 spiro atoms. The molecule has 0 saturated carbocycles. The Balaban J connectivity index is 0.000000423. The minimum Gasteiger partial charge on any atom is -0.385 e. The quantitative estimate of drug-likeness (QED) is 0.678. The van der Waals surface area contributed by atoms with E-state index in [0.717, 1.165) is 6.61 Å². The number of thioether (sulfide) groups is 1. The summed E-state index contributed by atoms with van der Waals surface area (Å²) in [6.07, 6.45) is 4.16. The Bertz CT molecular complexity index is 114. The zero-order valence-corrected chi connectivity index (χ0v) is 11.4. The molecule has 1 aliphatic rings. The highest BCUT2D eigenvalue weighted by Crippen LogP contribution is 2.09. The van der Waals surface area contributed by atoms with Crippen LogP contribution in [-0.4, -0.2) is 49.8 Å². The SMILES string of the molecule is CCCCCN1CCSCC1.CCOC. The van der Waals surface area contributed by atoms with E-state index in [0.29, 0.717) is 0 Å². The van der Waals surface area contributed by atoms with E-state index >= 15 is 0 Å². The summed E-state index contributed by atoms with van der Waals surface area (Å²) in [5, 5.41) is 0. The van der Waals surface area contributed by atoms with E-state index in [1.165, 1.54) is 50.4 Å². The van der Waals surface area contributed by atoms with Crippen LogP contribution in [0.2, 0.25) is 0 Å². The van der Waals surface area contributed by atoms with E-state index in [4.69, 9.17) is 0 Å². The molecule has 0 aromatic heterocycles. The zero-order chi connectivity index (χ0) is 11.4. The minimum absolute atomic E-state index is 0.819. The van der Waals surface area contributed by atoms with Crippen LogP contribution in [0.4, 0.5) is 0 Å². The van der Waals surface area contributed by atoms with Gasteiger partial charge in [-0.3, -0.25) is 0 Å². The lowest BCUT2D eigenvalue weighted by atomic mass is 10.2. The fraction of sp³-hybridized carbons (Fsp3) is 1.00. The Morgan fingerprint density at radius 1 is 1.13 bits per heavy atom. The largest absolute Gasteiger partial charge is 0.385 e. The Kier molecular flexibility index (Phi) is 12.6. The molecule has 1 saturated heterocycles. The summed E-state index contributed by atoms with van der Waals surface area (Å²) in [5.74, 6) is 2.71.